The number of hydrogen-bond donors (Lipinski definition) is 2. The Morgan fingerprint density at radius 2 is 1.54 bits per heavy atom. The number of carboxylic acids is 1. The van der Waals surface area contributed by atoms with Crippen molar-refractivity contribution in [1.82, 2.24) is 5.32 Å². The average molecular weight is 657 g/mol. The minimum atomic E-state index is -1.76. The first kappa shape index (κ1) is 36.9. The Bertz CT molecular complexity index is 1350. The second-order valence-electron chi connectivity index (χ2n) is 9.58. The van der Waals surface area contributed by atoms with Gasteiger partial charge in [0, 0.05) is 33.3 Å². The van der Waals surface area contributed by atoms with E-state index < -0.39 is 115 Å². The highest BCUT2D eigenvalue weighted by molar-refractivity contribution is 5.86. The van der Waals surface area contributed by atoms with Gasteiger partial charge in [-0.1, -0.05) is 6.07 Å². The van der Waals surface area contributed by atoms with Gasteiger partial charge in [0.2, 0.25) is 12.4 Å². The number of methoxy groups -OCH3 is 1. The molecule has 0 bridgehead atoms. The van der Waals surface area contributed by atoms with E-state index in [1.165, 1.54) is 6.07 Å². The molecule has 1 aromatic rings. The Hall–Kier alpha value is -5.33. The van der Waals surface area contributed by atoms with Crippen LogP contribution in [0.25, 0.3) is 0 Å². The van der Waals surface area contributed by atoms with E-state index in [2.05, 4.69) is 10.1 Å². The van der Waals surface area contributed by atoms with Crippen molar-refractivity contribution in [2.45, 2.75) is 77.3 Å². The fraction of sp³-hybridized carbons (Fsp3) is 0.519. The summed E-state index contributed by atoms with van der Waals surface area (Å²) in [5.74, 6) is -5.72. The molecule has 19 nitrogen and oxygen atoms in total. The number of nitrogens with zero attached hydrogens (tertiary/aromatic N) is 1. The summed E-state index contributed by atoms with van der Waals surface area (Å²) in [6.45, 7) is 2.06. The van der Waals surface area contributed by atoms with Gasteiger partial charge in [-0.15, -0.1) is 0 Å². The molecule has 0 radical (unpaired) electrons. The third-order valence-electron chi connectivity index (χ3n) is 5.97. The van der Waals surface area contributed by atoms with E-state index in [9.17, 15) is 43.7 Å². The topological polar surface area (TPSA) is 259 Å². The third-order valence-corrected chi connectivity index (χ3v) is 5.97. The number of nitrogens with one attached hydrogen (secondary N) is 1. The van der Waals surface area contributed by atoms with Gasteiger partial charge in [-0.05, 0) is 11.6 Å². The summed E-state index contributed by atoms with van der Waals surface area (Å²) in [5, 5.41) is 22.7. The maximum atomic E-state index is 12.1. The third kappa shape index (κ3) is 11.6. The highest BCUT2D eigenvalue weighted by Crippen LogP contribution is 2.35. The molecule has 1 aliphatic heterocycles. The van der Waals surface area contributed by atoms with Crippen molar-refractivity contribution < 1.29 is 76.7 Å². The molecule has 1 fully saturated rings. The maximum absolute atomic E-state index is 12.1. The minimum Gasteiger partial charge on any atom is -0.481 e. The zero-order valence-electron chi connectivity index (χ0n) is 25.1. The molecule has 2 N–H and O–H groups in total. The second kappa shape index (κ2) is 17.2. The predicted octanol–water partition coefficient (Wildman–Crippen LogP) is 0.717. The lowest BCUT2D eigenvalue weighted by Crippen LogP contribution is -2.63. The number of esters is 4. The molecule has 1 amide bonds. The lowest BCUT2D eigenvalue weighted by atomic mass is 9.95. The van der Waals surface area contributed by atoms with Crippen molar-refractivity contribution in [3.05, 3.63) is 33.9 Å². The summed E-state index contributed by atoms with van der Waals surface area (Å²) in [7, 11) is 1.07. The van der Waals surface area contributed by atoms with E-state index in [4.69, 9.17) is 33.5 Å². The number of aliphatic carboxylic acids is 1. The van der Waals surface area contributed by atoms with Gasteiger partial charge in [0.1, 0.15) is 12.7 Å². The summed E-state index contributed by atoms with van der Waals surface area (Å²) in [4.78, 5) is 93.2. The second-order valence-corrected chi connectivity index (χ2v) is 9.58. The first-order valence-corrected chi connectivity index (χ1v) is 13.4. The maximum Gasteiger partial charge on any atom is 0.407 e. The summed E-state index contributed by atoms with van der Waals surface area (Å²) in [6, 6.07) is 3.36. The molecule has 1 aliphatic rings. The number of carboxylic acid groups (broad SMARTS) is 1. The van der Waals surface area contributed by atoms with Crippen LogP contribution in [0.15, 0.2) is 18.2 Å². The highest BCUT2D eigenvalue weighted by Gasteiger charge is 2.53. The summed E-state index contributed by atoms with van der Waals surface area (Å²) >= 11 is 0. The van der Waals surface area contributed by atoms with Gasteiger partial charge >= 0.3 is 41.6 Å². The standard InChI is InChI=1S/C27H32N2O17/c1-13(30)42-23-20(10-22(36)40-4)46-26(25(44-15(3)32)24(23)43-14(2)31)45-19-7-5-16(9-18(19)29(38)39)12-41-27(37)28-11-17(33)6-8-21(34)35/h5,7,9,20,23-26H,6,8,10-12H2,1-4H3,(H,28,37)(H,34,35)/t20-,23-,24+,25?,26-/m1/s1. The van der Waals surface area contributed by atoms with Gasteiger partial charge in [-0.25, -0.2) is 4.79 Å². The van der Waals surface area contributed by atoms with Crippen LogP contribution in [0.3, 0.4) is 0 Å². The Kier molecular flexibility index (Phi) is 13.8. The van der Waals surface area contributed by atoms with Gasteiger partial charge < -0.3 is 43.6 Å². The van der Waals surface area contributed by atoms with Crippen LogP contribution < -0.4 is 10.1 Å². The van der Waals surface area contributed by atoms with E-state index in [1.807, 2.05) is 0 Å². The molecular weight excluding hydrogens is 624 g/mol. The molecule has 0 aliphatic carbocycles. The number of nitro groups is 1. The summed E-state index contributed by atoms with van der Waals surface area (Å²) in [6.07, 6.45) is -10.3. The normalized spacial score (nSPS) is 20.3. The zero-order chi connectivity index (χ0) is 34.6. The van der Waals surface area contributed by atoms with E-state index in [1.54, 1.807) is 0 Å². The van der Waals surface area contributed by atoms with Crippen LogP contribution in [0.2, 0.25) is 0 Å². The molecule has 19 heteroatoms. The molecule has 46 heavy (non-hydrogen) atoms. The number of carbonyl (C=O) groups is 7. The molecular formula is C27H32N2O17. The number of hydrogen-bond acceptors (Lipinski definition) is 16. The lowest BCUT2D eigenvalue weighted by molar-refractivity contribution is -0.387. The summed E-state index contributed by atoms with van der Waals surface area (Å²) in [5.41, 5.74) is -0.574. The first-order chi connectivity index (χ1) is 21.6. The average Bonchev–Trinajstić information content (AvgIpc) is 2.96. The van der Waals surface area contributed by atoms with E-state index in [-0.39, 0.29) is 12.0 Å². The quantitative estimate of drug-likeness (QED) is 0.114. The van der Waals surface area contributed by atoms with E-state index >= 15 is 0 Å². The van der Waals surface area contributed by atoms with E-state index in [0.29, 0.717) is 0 Å². The van der Waals surface area contributed by atoms with Crippen molar-refractivity contribution in [1.29, 1.82) is 0 Å². The first-order valence-electron chi connectivity index (χ1n) is 13.4. The van der Waals surface area contributed by atoms with Crippen molar-refractivity contribution in [2.75, 3.05) is 13.7 Å². The van der Waals surface area contributed by atoms with Crippen LogP contribution in [0.4, 0.5) is 10.5 Å². The predicted molar refractivity (Wildman–Crippen MR) is 146 cm³/mol. The molecule has 0 aromatic heterocycles. The highest BCUT2D eigenvalue weighted by atomic mass is 16.7. The summed E-state index contributed by atoms with van der Waals surface area (Å²) < 4.78 is 37.0. The number of carbonyl (C=O) groups excluding carboxylic acids is 6. The van der Waals surface area contributed by atoms with E-state index in [0.717, 1.165) is 40.0 Å². The van der Waals surface area contributed by atoms with Gasteiger partial charge in [0.25, 0.3) is 0 Å². The lowest BCUT2D eigenvalue weighted by Gasteiger charge is -2.43. The fourth-order valence-electron chi connectivity index (χ4n) is 4.09. The smallest absolute Gasteiger partial charge is 0.407 e. The van der Waals surface area contributed by atoms with Gasteiger partial charge in [0.15, 0.2) is 23.7 Å². The molecule has 1 unspecified atom stereocenters. The Balaban J connectivity index is 2.33. The molecule has 2 rings (SSSR count). The number of ether oxygens (including phenoxy) is 7. The molecule has 1 saturated heterocycles. The van der Waals surface area contributed by atoms with Crippen LogP contribution in [0, 0.1) is 10.1 Å². The van der Waals surface area contributed by atoms with Gasteiger partial charge in [0.05, 0.1) is 31.4 Å². The molecule has 5 atom stereocenters. The van der Waals surface area contributed by atoms with Crippen LogP contribution in [0.1, 0.15) is 45.6 Å². The Morgan fingerprint density at radius 3 is 2.11 bits per heavy atom. The molecule has 252 valence electrons. The zero-order valence-corrected chi connectivity index (χ0v) is 25.1. The molecule has 1 heterocycles. The number of alkyl carbamates (subject to hydrolysis) is 1. The van der Waals surface area contributed by atoms with Crippen molar-refractivity contribution in [2.24, 2.45) is 0 Å². The van der Waals surface area contributed by atoms with Crippen molar-refractivity contribution in [3.63, 3.8) is 0 Å². The number of amides is 1. The SMILES string of the molecule is COC(=O)C[C@H]1O[C@@H](Oc2ccc(COC(=O)NCC(=O)CCC(=O)O)cc2[N+](=O)[O-])C(OC(C)=O)[C@@H](OC(C)=O)[C@@H]1OC(C)=O. The Labute approximate surface area is 260 Å². The molecule has 0 spiro atoms. The van der Waals surface area contributed by atoms with Crippen LogP contribution in [-0.2, 0) is 63.8 Å². The molecule has 1 aromatic carbocycles. The van der Waals surface area contributed by atoms with Gasteiger partial charge in [-0.2, -0.15) is 0 Å². The Morgan fingerprint density at radius 1 is 0.935 bits per heavy atom. The fourth-order valence-corrected chi connectivity index (χ4v) is 4.09. The number of benzene rings is 1. The van der Waals surface area contributed by atoms with Crippen LogP contribution >= 0.6 is 0 Å². The number of rotatable bonds is 15. The van der Waals surface area contributed by atoms with Crippen LogP contribution in [-0.4, -0.2) is 96.1 Å². The largest absolute Gasteiger partial charge is 0.481 e. The molecule has 0 saturated carbocycles. The van der Waals surface area contributed by atoms with Gasteiger partial charge in [-0.3, -0.25) is 38.9 Å². The number of nitro benzene ring substituents is 1. The van der Waals surface area contributed by atoms with Crippen LogP contribution in [0.5, 0.6) is 5.75 Å². The number of ketones is 1. The minimum absolute atomic E-state index is 0.101. The monoisotopic (exact) mass is 656 g/mol. The van der Waals surface area contributed by atoms with Crippen molar-refractivity contribution >= 4 is 47.4 Å². The number of Topliss-reactive ketones (excluding diaryl/α,β-unsaturated/α-hetero) is 1. The van der Waals surface area contributed by atoms with Crippen molar-refractivity contribution in [3.8, 4) is 5.75 Å².